The van der Waals surface area contributed by atoms with Crippen LogP contribution < -0.4 is 0 Å². The van der Waals surface area contributed by atoms with Crippen LogP contribution in [0.3, 0.4) is 0 Å². The fourth-order valence-electron chi connectivity index (χ4n) is 2.92. The van der Waals surface area contributed by atoms with Crippen LogP contribution >= 0.6 is 0 Å². The smallest absolute Gasteiger partial charge is 0.295 e. The first-order chi connectivity index (χ1) is 11.9. The van der Waals surface area contributed by atoms with Crippen LogP contribution in [0.15, 0.2) is 47.1 Å². The molecule has 1 aliphatic heterocycles. The number of nitrogens with zero attached hydrogens (tertiary/aromatic N) is 1. The van der Waals surface area contributed by atoms with E-state index < -0.39 is 27.6 Å². The van der Waals surface area contributed by atoms with Gasteiger partial charge in [0.05, 0.1) is 24.3 Å². The van der Waals surface area contributed by atoms with Crippen molar-refractivity contribution in [2.75, 3.05) is 11.5 Å². The van der Waals surface area contributed by atoms with Crippen molar-refractivity contribution >= 4 is 21.5 Å². The Labute approximate surface area is 146 Å². The summed E-state index contributed by atoms with van der Waals surface area (Å²) in [6.45, 7) is 1.96. The van der Waals surface area contributed by atoms with Crippen molar-refractivity contribution in [2.24, 2.45) is 0 Å². The van der Waals surface area contributed by atoms with Gasteiger partial charge in [-0.3, -0.25) is 9.59 Å². The summed E-state index contributed by atoms with van der Waals surface area (Å²) in [5.41, 5.74) is 1.28. The fourth-order valence-corrected chi connectivity index (χ4v) is 4.65. The molecule has 1 aromatic carbocycles. The maximum Gasteiger partial charge on any atom is 0.295 e. The Morgan fingerprint density at radius 1 is 1.20 bits per heavy atom. The third-order valence-corrected chi connectivity index (χ3v) is 6.07. The lowest BCUT2D eigenvalue weighted by Gasteiger charge is -2.26. The Morgan fingerprint density at radius 2 is 1.92 bits per heavy atom. The summed E-state index contributed by atoms with van der Waals surface area (Å²) in [7, 11) is -3.18. The molecular weight excluding hydrogens is 342 g/mol. The lowest BCUT2D eigenvalue weighted by molar-refractivity contribution is -0.129. The van der Waals surface area contributed by atoms with Gasteiger partial charge in [-0.25, -0.2) is 8.42 Å². The van der Waals surface area contributed by atoms with Crippen LogP contribution in [0.25, 0.3) is 0 Å². The van der Waals surface area contributed by atoms with Gasteiger partial charge in [0, 0.05) is 11.6 Å². The van der Waals surface area contributed by atoms with E-state index in [0.29, 0.717) is 17.7 Å². The number of rotatable bonds is 5. The Balaban J connectivity index is 1.86. The zero-order valence-corrected chi connectivity index (χ0v) is 14.7. The first kappa shape index (κ1) is 17.4. The Kier molecular flexibility index (Phi) is 4.76. The van der Waals surface area contributed by atoms with Crippen LogP contribution in [0.4, 0.5) is 0 Å². The molecule has 1 amide bonds. The van der Waals surface area contributed by atoms with Gasteiger partial charge in [-0.05, 0) is 25.5 Å². The average molecular weight is 361 g/mol. The van der Waals surface area contributed by atoms with Crippen LogP contribution in [0.1, 0.15) is 28.1 Å². The Morgan fingerprint density at radius 3 is 2.48 bits per heavy atom. The van der Waals surface area contributed by atoms with Crippen LogP contribution in [-0.2, 0) is 21.2 Å². The van der Waals surface area contributed by atoms with Gasteiger partial charge in [0.25, 0.3) is 5.91 Å². The number of Topliss-reactive ketones (excluding diaryl/α,β-unsaturated/α-hetero) is 1. The maximum absolute atomic E-state index is 12.8. The highest BCUT2D eigenvalue weighted by Crippen LogP contribution is 2.21. The summed E-state index contributed by atoms with van der Waals surface area (Å²) in [4.78, 5) is 26.7. The van der Waals surface area contributed by atoms with Gasteiger partial charge < -0.3 is 9.32 Å². The monoisotopic (exact) mass is 361 g/mol. The largest absolute Gasteiger partial charge is 0.467 e. The molecule has 0 spiro atoms. The van der Waals surface area contributed by atoms with E-state index in [4.69, 9.17) is 4.42 Å². The van der Waals surface area contributed by atoms with Crippen LogP contribution in [-0.4, -0.2) is 42.6 Å². The van der Waals surface area contributed by atoms with Gasteiger partial charge >= 0.3 is 0 Å². The molecule has 1 atom stereocenters. The van der Waals surface area contributed by atoms with Crippen LogP contribution in [0.5, 0.6) is 0 Å². The molecule has 6 nitrogen and oxygen atoms in total. The summed E-state index contributed by atoms with van der Waals surface area (Å²) in [6, 6.07) is 9.59. The van der Waals surface area contributed by atoms with E-state index in [1.54, 1.807) is 36.4 Å². The SMILES string of the molecule is Cc1ccc(C(=O)C(=O)N(Cc2ccco2)[C@H]2CCS(=O)(=O)C2)cc1. The molecule has 1 saturated heterocycles. The number of ketones is 1. The van der Waals surface area contributed by atoms with Gasteiger partial charge in [-0.1, -0.05) is 29.8 Å². The minimum Gasteiger partial charge on any atom is -0.467 e. The quantitative estimate of drug-likeness (QED) is 0.601. The molecule has 1 aliphatic rings. The molecule has 0 unspecified atom stereocenters. The molecule has 0 aliphatic carbocycles. The molecule has 0 bridgehead atoms. The van der Waals surface area contributed by atoms with E-state index in [9.17, 15) is 18.0 Å². The second-order valence-electron chi connectivity index (χ2n) is 6.26. The Hall–Kier alpha value is -2.41. The Bertz CT molecular complexity index is 869. The minimum absolute atomic E-state index is 0.0261. The zero-order chi connectivity index (χ0) is 18.0. The molecule has 2 heterocycles. The second kappa shape index (κ2) is 6.84. The third-order valence-electron chi connectivity index (χ3n) is 4.32. The van der Waals surface area contributed by atoms with E-state index in [0.717, 1.165) is 5.56 Å². The summed E-state index contributed by atoms with van der Waals surface area (Å²) >= 11 is 0. The number of carbonyl (C=O) groups is 2. The van der Waals surface area contributed by atoms with Crippen molar-refractivity contribution in [3.8, 4) is 0 Å². The number of hydrogen-bond donors (Lipinski definition) is 0. The summed E-state index contributed by atoms with van der Waals surface area (Å²) < 4.78 is 28.9. The van der Waals surface area contributed by atoms with Gasteiger partial charge in [0.15, 0.2) is 9.84 Å². The third kappa shape index (κ3) is 3.99. The normalized spacial score (nSPS) is 18.8. The molecule has 0 N–H and O–H groups in total. The number of sulfone groups is 1. The predicted molar refractivity (Wildman–Crippen MR) is 91.8 cm³/mol. The number of amides is 1. The molecule has 2 aromatic rings. The van der Waals surface area contributed by atoms with Crippen molar-refractivity contribution in [3.63, 3.8) is 0 Å². The number of hydrogen-bond acceptors (Lipinski definition) is 5. The number of furan rings is 1. The second-order valence-corrected chi connectivity index (χ2v) is 8.49. The minimum atomic E-state index is -3.18. The molecule has 1 fully saturated rings. The standard InChI is InChI=1S/C18H19NO5S/c1-13-4-6-14(7-5-13)17(20)18(21)19(11-16-3-2-9-24-16)15-8-10-25(22,23)12-15/h2-7,9,15H,8,10-12H2,1H3/t15-/m0/s1. The highest BCUT2D eigenvalue weighted by molar-refractivity contribution is 7.91. The highest BCUT2D eigenvalue weighted by atomic mass is 32.2. The molecule has 7 heteroatoms. The fraction of sp³-hybridized carbons (Fsp3) is 0.333. The van der Waals surface area contributed by atoms with Crippen LogP contribution in [0.2, 0.25) is 0 Å². The summed E-state index contributed by atoms with van der Waals surface area (Å²) in [6.07, 6.45) is 1.81. The van der Waals surface area contributed by atoms with E-state index in [2.05, 4.69) is 0 Å². The maximum atomic E-state index is 12.8. The number of carbonyl (C=O) groups excluding carboxylic acids is 2. The van der Waals surface area contributed by atoms with Gasteiger partial charge in [-0.15, -0.1) is 0 Å². The number of aryl methyl sites for hydroxylation is 1. The average Bonchev–Trinajstić information content (AvgIpc) is 3.21. The molecule has 132 valence electrons. The van der Waals surface area contributed by atoms with Gasteiger partial charge in [-0.2, -0.15) is 0 Å². The first-order valence-electron chi connectivity index (χ1n) is 8.00. The molecule has 3 rings (SSSR count). The van der Waals surface area contributed by atoms with Crippen molar-refractivity contribution in [3.05, 3.63) is 59.5 Å². The molecule has 1 aromatic heterocycles. The van der Waals surface area contributed by atoms with Crippen molar-refractivity contribution in [1.29, 1.82) is 0 Å². The van der Waals surface area contributed by atoms with Gasteiger partial charge in [0.1, 0.15) is 5.76 Å². The van der Waals surface area contributed by atoms with Gasteiger partial charge in [0.2, 0.25) is 5.78 Å². The van der Waals surface area contributed by atoms with Crippen molar-refractivity contribution < 1.29 is 22.4 Å². The van der Waals surface area contributed by atoms with Crippen molar-refractivity contribution in [1.82, 2.24) is 4.90 Å². The highest BCUT2D eigenvalue weighted by Gasteiger charge is 2.37. The molecule has 25 heavy (non-hydrogen) atoms. The zero-order valence-electron chi connectivity index (χ0n) is 13.8. The predicted octanol–water partition coefficient (Wildman–Crippen LogP) is 1.99. The van der Waals surface area contributed by atoms with E-state index in [1.807, 2.05) is 6.92 Å². The van der Waals surface area contributed by atoms with E-state index in [1.165, 1.54) is 11.2 Å². The van der Waals surface area contributed by atoms with Crippen molar-refractivity contribution in [2.45, 2.75) is 25.9 Å². The molecular formula is C18H19NO5S. The lowest BCUT2D eigenvalue weighted by Crippen LogP contribution is -2.44. The van der Waals surface area contributed by atoms with E-state index >= 15 is 0 Å². The topological polar surface area (TPSA) is 84.7 Å². The molecule has 0 radical (unpaired) electrons. The summed E-state index contributed by atoms with van der Waals surface area (Å²) in [5, 5.41) is 0. The number of benzene rings is 1. The lowest BCUT2D eigenvalue weighted by atomic mass is 10.1. The first-order valence-corrected chi connectivity index (χ1v) is 9.82. The van der Waals surface area contributed by atoms with E-state index in [-0.39, 0.29) is 18.1 Å². The van der Waals surface area contributed by atoms with Crippen LogP contribution in [0, 0.1) is 6.92 Å². The summed E-state index contributed by atoms with van der Waals surface area (Å²) in [5.74, 6) is -0.938. The molecule has 0 saturated carbocycles.